The molecule has 1 aromatic heterocycles. The number of carbonyl (C=O) groups excluding carboxylic acids is 1. The molecule has 0 spiro atoms. The van der Waals surface area contributed by atoms with Gasteiger partial charge in [-0.3, -0.25) is 4.79 Å². The second-order valence-electron chi connectivity index (χ2n) is 3.06. The van der Waals surface area contributed by atoms with Crippen LogP contribution in [0.1, 0.15) is 17.3 Å². The van der Waals surface area contributed by atoms with E-state index in [1.165, 1.54) is 13.3 Å². The lowest BCUT2D eigenvalue weighted by molar-refractivity contribution is 0.101. The van der Waals surface area contributed by atoms with E-state index in [2.05, 4.69) is 26.0 Å². The van der Waals surface area contributed by atoms with Gasteiger partial charge in [-0.05, 0) is 41.1 Å². The minimum atomic E-state index is 0.0424. The van der Waals surface area contributed by atoms with Crippen LogP contribution in [0.2, 0.25) is 0 Å². The number of Topliss-reactive ketones (excluding diaryl/α,β-unsaturated/α-hetero) is 1. The number of nitrogens with zero attached hydrogens (tertiary/aromatic N) is 3. The SMILES string of the molecule is CC(=O)c1ccc(-n2cncn2)c(Br)c1. The largest absolute Gasteiger partial charge is 0.295 e. The van der Waals surface area contributed by atoms with Crippen LogP contribution in [-0.4, -0.2) is 20.5 Å². The van der Waals surface area contributed by atoms with Crippen molar-refractivity contribution < 1.29 is 4.79 Å². The molecule has 0 N–H and O–H groups in total. The van der Waals surface area contributed by atoms with Gasteiger partial charge in [-0.2, -0.15) is 5.10 Å². The molecule has 0 atom stereocenters. The van der Waals surface area contributed by atoms with E-state index in [1.807, 2.05) is 6.07 Å². The monoisotopic (exact) mass is 265 g/mol. The Hall–Kier alpha value is -1.49. The number of hydrogen-bond donors (Lipinski definition) is 0. The fourth-order valence-electron chi connectivity index (χ4n) is 1.24. The van der Waals surface area contributed by atoms with Gasteiger partial charge in [0.2, 0.25) is 0 Å². The van der Waals surface area contributed by atoms with Gasteiger partial charge >= 0.3 is 0 Å². The molecule has 4 nitrogen and oxygen atoms in total. The summed E-state index contributed by atoms with van der Waals surface area (Å²) >= 11 is 3.40. The molecule has 15 heavy (non-hydrogen) atoms. The van der Waals surface area contributed by atoms with Gasteiger partial charge in [0, 0.05) is 10.0 Å². The molecule has 0 unspecified atom stereocenters. The lowest BCUT2D eigenvalue weighted by atomic mass is 10.1. The lowest BCUT2D eigenvalue weighted by Crippen LogP contribution is -1.98. The highest BCUT2D eigenvalue weighted by molar-refractivity contribution is 9.10. The number of benzene rings is 1. The molecule has 1 aromatic carbocycles. The maximum absolute atomic E-state index is 11.1. The molecule has 0 bridgehead atoms. The van der Waals surface area contributed by atoms with E-state index >= 15 is 0 Å². The Balaban J connectivity index is 2.48. The number of hydrogen-bond acceptors (Lipinski definition) is 3. The maximum atomic E-state index is 11.1. The molecule has 0 fully saturated rings. The standard InChI is InChI=1S/C10H8BrN3O/c1-7(15)8-2-3-10(9(11)4-8)14-6-12-5-13-14/h2-6H,1H3. The van der Waals surface area contributed by atoms with E-state index in [-0.39, 0.29) is 5.78 Å². The van der Waals surface area contributed by atoms with Crippen LogP contribution >= 0.6 is 15.9 Å². The average molecular weight is 266 g/mol. The van der Waals surface area contributed by atoms with Crippen molar-refractivity contribution in [1.29, 1.82) is 0 Å². The Morgan fingerprint density at radius 2 is 2.27 bits per heavy atom. The summed E-state index contributed by atoms with van der Waals surface area (Å²) in [5, 5.41) is 4.01. The van der Waals surface area contributed by atoms with Crippen molar-refractivity contribution in [2.45, 2.75) is 6.92 Å². The third-order valence-electron chi connectivity index (χ3n) is 2.02. The van der Waals surface area contributed by atoms with Gasteiger partial charge in [0.25, 0.3) is 0 Å². The third kappa shape index (κ3) is 1.97. The molecule has 0 radical (unpaired) electrons. The Morgan fingerprint density at radius 1 is 1.47 bits per heavy atom. The number of ketones is 1. The zero-order chi connectivity index (χ0) is 10.8. The highest BCUT2D eigenvalue weighted by Gasteiger charge is 2.06. The van der Waals surface area contributed by atoms with Crippen molar-refractivity contribution in [3.63, 3.8) is 0 Å². The zero-order valence-electron chi connectivity index (χ0n) is 8.01. The fraction of sp³-hybridized carbons (Fsp3) is 0.100. The first-order valence-electron chi connectivity index (χ1n) is 4.34. The predicted octanol–water partition coefficient (Wildman–Crippen LogP) is 2.23. The van der Waals surface area contributed by atoms with Crippen LogP contribution in [0.3, 0.4) is 0 Å². The second kappa shape index (κ2) is 3.94. The molecule has 0 aliphatic rings. The Morgan fingerprint density at radius 3 is 2.80 bits per heavy atom. The van der Waals surface area contributed by atoms with Crippen molar-refractivity contribution in [2.75, 3.05) is 0 Å². The topological polar surface area (TPSA) is 47.8 Å². The Labute approximate surface area is 95.1 Å². The summed E-state index contributed by atoms with van der Waals surface area (Å²) in [4.78, 5) is 15.0. The molecule has 2 rings (SSSR count). The number of rotatable bonds is 2. The fourth-order valence-corrected chi connectivity index (χ4v) is 1.80. The van der Waals surface area contributed by atoms with Crippen LogP contribution in [0, 0.1) is 0 Å². The van der Waals surface area contributed by atoms with Crippen molar-refractivity contribution in [2.24, 2.45) is 0 Å². The molecular formula is C10H8BrN3O. The minimum Gasteiger partial charge on any atom is -0.295 e. The van der Waals surface area contributed by atoms with E-state index in [9.17, 15) is 4.79 Å². The summed E-state index contributed by atoms with van der Waals surface area (Å²) in [6.45, 7) is 1.54. The first kappa shape index (κ1) is 10.0. The average Bonchev–Trinajstić information content (AvgIpc) is 2.70. The third-order valence-corrected chi connectivity index (χ3v) is 2.65. The minimum absolute atomic E-state index is 0.0424. The molecule has 0 amide bonds. The van der Waals surface area contributed by atoms with Gasteiger partial charge in [0.15, 0.2) is 5.78 Å². The Bertz CT molecular complexity index is 493. The first-order chi connectivity index (χ1) is 7.18. The summed E-state index contributed by atoms with van der Waals surface area (Å²) in [7, 11) is 0. The van der Waals surface area contributed by atoms with Crippen LogP contribution in [-0.2, 0) is 0 Å². The number of carbonyl (C=O) groups is 1. The summed E-state index contributed by atoms with van der Waals surface area (Å²) in [6.07, 6.45) is 3.07. The van der Waals surface area contributed by atoms with E-state index in [1.54, 1.807) is 23.1 Å². The molecule has 5 heteroatoms. The van der Waals surface area contributed by atoms with Gasteiger partial charge in [0.1, 0.15) is 12.7 Å². The number of aromatic nitrogens is 3. The molecule has 0 aliphatic carbocycles. The van der Waals surface area contributed by atoms with Gasteiger partial charge in [0.05, 0.1) is 5.69 Å². The summed E-state index contributed by atoms with van der Waals surface area (Å²) in [5.41, 5.74) is 1.53. The molecule has 0 saturated heterocycles. The normalized spacial score (nSPS) is 10.3. The van der Waals surface area contributed by atoms with Gasteiger partial charge in [-0.25, -0.2) is 9.67 Å². The van der Waals surface area contributed by atoms with Gasteiger partial charge in [-0.1, -0.05) is 0 Å². The summed E-state index contributed by atoms with van der Waals surface area (Å²) in [6, 6.07) is 5.37. The number of halogens is 1. The van der Waals surface area contributed by atoms with E-state index in [4.69, 9.17) is 0 Å². The van der Waals surface area contributed by atoms with Crippen LogP contribution in [0.25, 0.3) is 5.69 Å². The molecule has 2 aromatic rings. The second-order valence-corrected chi connectivity index (χ2v) is 3.92. The maximum Gasteiger partial charge on any atom is 0.159 e. The molecule has 76 valence electrons. The van der Waals surface area contributed by atoms with Crippen LogP contribution < -0.4 is 0 Å². The Kier molecular flexibility index (Phi) is 2.64. The summed E-state index contributed by atoms with van der Waals surface area (Å²) < 4.78 is 2.45. The van der Waals surface area contributed by atoms with E-state index < -0.39 is 0 Å². The molecule has 1 heterocycles. The van der Waals surface area contributed by atoms with E-state index in [0.29, 0.717) is 5.56 Å². The smallest absolute Gasteiger partial charge is 0.159 e. The highest BCUT2D eigenvalue weighted by Crippen LogP contribution is 2.21. The molecule has 0 saturated carbocycles. The van der Waals surface area contributed by atoms with Crippen molar-refractivity contribution >= 4 is 21.7 Å². The lowest BCUT2D eigenvalue weighted by Gasteiger charge is -2.04. The van der Waals surface area contributed by atoms with E-state index in [0.717, 1.165) is 10.2 Å². The quantitative estimate of drug-likeness (QED) is 0.783. The van der Waals surface area contributed by atoms with Crippen molar-refractivity contribution in [3.8, 4) is 5.69 Å². The molecule has 0 aliphatic heterocycles. The van der Waals surface area contributed by atoms with Crippen molar-refractivity contribution in [1.82, 2.24) is 14.8 Å². The van der Waals surface area contributed by atoms with Gasteiger partial charge < -0.3 is 0 Å². The summed E-state index contributed by atoms with van der Waals surface area (Å²) in [5.74, 6) is 0.0424. The zero-order valence-corrected chi connectivity index (χ0v) is 9.60. The van der Waals surface area contributed by atoms with Gasteiger partial charge in [-0.15, -0.1) is 0 Å². The van der Waals surface area contributed by atoms with Crippen molar-refractivity contribution in [3.05, 3.63) is 40.9 Å². The predicted molar refractivity (Wildman–Crippen MR) is 59.1 cm³/mol. The van der Waals surface area contributed by atoms with Crippen LogP contribution in [0.5, 0.6) is 0 Å². The highest BCUT2D eigenvalue weighted by atomic mass is 79.9. The molecular weight excluding hydrogens is 258 g/mol. The first-order valence-corrected chi connectivity index (χ1v) is 5.13. The van der Waals surface area contributed by atoms with Crippen LogP contribution in [0.15, 0.2) is 35.3 Å². The van der Waals surface area contributed by atoms with Crippen LogP contribution in [0.4, 0.5) is 0 Å².